The van der Waals surface area contributed by atoms with Crippen LogP contribution in [0.25, 0.3) is 0 Å². The average molecular weight is 283 g/mol. The number of hydrogen-bond donors (Lipinski definition) is 2. The van der Waals surface area contributed by atoms with Crippen molar-refractivity contribution in [2.24, 2.45) is 11.7 Å². The number of aryl methyl sites for hydroxylation is 1. The zero-order valence-electron chi connectivity index (χ0n) is 11.6. The highest BCUT2D eigenvalue weighted by Crippen LogP contribution is 2.32. The molecular formula is C15H23ClN2O. The number of rotatable bonds is 2. The first-order valence-corrected chi connectivity index (χ1v) is 6.66. The Labute approximate surface area is 121 Å². The van der Waals surface area contributed by atoms with Crippen molar-refractivity contribution in [1.29, 1.82) is 0 Å². The summed E-state index contributed by atoms with van der Waals surface area (Å²) in [6.45, 7) is 3.99. The lowest BCUT2D eigenvalue weighted by Gasteiger charge is -2.37. The molecule has 0 heterocycles. The fourth-order valence-electron chi connectivity index (χ4n) is 2.72. The lowest BCUT2D eigenvalue weighted by Crippen LogP contribution is -2.51. The highest BCUT2D eigenvalue weighted by molar-refractivity contribution is 5.94. The topological polar surface area (TPSA) is 55.1 Å². The molecule has 1 aromatic rings. The number of anilines is 1. The molecule has 0 aromatic heterocycles. The van der Waals surface area contributed by atoms with Gasteiger partial charge in [0.05, 0.1) is 5.92 Å². The van der Waals surface area contributed by atoms with Gasteiger partial charge in [0.15, 0.2) is 0 Å². The average Bonchev–Trinajstić information content (AvgIpc) is 2.31. The van der Waals surface area contributed by atoms with Gasteiger partial charge < -0.3 is 11.1 Å². The van der Waals surface area contributed by atoms with Crippen LogP contribution in [0.5, 0.6) is 0 Å². The predicted octanol–water partition coefficient (Wildman–Crippen LogP) is 3.26. The summed E-state index contributed by atoms with van der Waals surface area (Å²) in [4.78, 5) is 12.3. The van der Waals surface area contributed by atoms with Crippen LogP contribution in [0.15, 0.2) is 24.3 Å². The van der Waals surface area contributed by atoms with Crippen molar-refractivity contribution in [3.63, 3.8) is 0 Å². The van der Waals surface area contributed by atoms with Gasteiger partial charge in [0.2, 0.25) is 5.91 Å². The smallest absolute Gasteiger partial charge is 0.229 e. The summed E-state index contributed by atoms with van der Waals surface area (Å²) in [5.41, 5.74) is 7.86. The molecule has 1 aliphatic carbocycles. The van der Waals surface area contributed by atoms with Gasteiger partial charge in [0.25, 0.3) is 0 Å². The second-order valence-corrected chi connectivity index (χ2v) is 5.61. The number of carbonyl (C=O) groups is 1. The second-order valence-electron chi connectivity index (χ2n) is 5.61. The Morgan fingerprint density at radius 1 is 1.37 bits per heavy atom. The summed E-state index contributed by atoms with van der Waals surface area (Å²) >= 11 is 0. The van der Waals surface area contributed by atoms with Gasteiger partial charge in [-0.05, 0) is 38.3 Å². The van der Waals surface area contributed by atoms with Crippen LogP contribution < -0.4 is 11.1 Å². The van der Waals surface area contributed by atoms with E-state index in [1.807, 2.05) is 38.1 Å². The quantitative estimate of drug-likeness (QED) is 0.875. The van der Waals surface area contributed by atoms with Gasteiger partial charge in [0, 0.05) is 11.2 Å². The maximum absolute atomic E-state index is 12.3. The molecule has 1 saturated carbocycles. The van der Waals surface area contributed by atoms with E-state index in [4.69, 9.17) is 5.73 Å². The normalized spacial score (nSPS) is 26.4. The lowest BCUT2D eigenvalue weighted by molar-refractivity contribution is -0.122. The van der Waals surface area contributed by atoms with E-state index in [-0.39, 0.29) is 29.8 Å². The van der Waals surface area contributed by atoms with Gasteiger partial charge in [-0.2, -0.15) is 0 Å². The number of carbonyl (C=O) groups excluding carboxylic acids is 1. The zero-order chi connectivity index (χ0) is 13.2. The molecule has 0 saturated heterocycles. The van der Waals surface area contributed by atoms with E-state index < -0.39 is 0 Å². The third-order valence-corrected chi connectivity index (χ3v) is 3.97. The Hall–Kier alpha value is -1.06. The molecule has 2 unspecified atom stereocenters. The maximum atomic E-state index is 12.3. The van der Waals surface area contributed by atoms with E-state index in [2.05, 4.69) is 5.32 Å². The summed E-state index contributed by atoms with van der Waals surface area (Å²) in [6, 6.07) is 7.84. The summed E-state index contributed by atoms with van der Waals surface area (Å²) in [5.74, 6) is -0.0140. The first-order valence-electron chi connectivity index (χ1n) is 6.66. The molecule has 19 heavy (non-hydrogen) atoms. The van der Waals surface area contributed by atoms with Crippen LogP contribution in [0.3, 0.4) is 0 Å². The summed E-state index contributed by atoms with van der Waals surface area (Å²) < 4.78 is 0. The van der Waals surface area contributed by atoms with Crippen LogP contribution in [-0.4, -0.2) is 11.4 Å². The fraction of sp³-hybridized carbons (Fsp3) is 0.533. The van der Waals surface area contributed by atoms with Crippen molar-refractivity contribution in [1.82, 2.24) is 0 Å². The first kappa shape index (κ1) is 16.0. The summed E-state index contributed by atoms with van der Waals surface area (Å²) in [6.07, 6.45) is 4.05. The molecule has 2 atom stereocenters. The van der Waals surface area contributed by atoms with E-state index in [9.17, 15) is 4.79 Å². The van der Waals surface area contributed by atoms with Crippen LogP contribution in [0, 0.1) is 12.8 Å². The van der Waals surface area contributed by atoms with E-state index in [0.717, 1.165) is 36.9 Å². The van der Waals surface area contributed by atoms with Crippen LogP contribution in [0.4, 0.5) is 5.69 Å². The van der Waals surface area contributed by atoms with Gasteiger partial charge in [-0.1, -0.05) is 31.0 Å². The highest BCUT2D eigenvalue weighted by atomic mass is 35.5. The molecule has 0 spiro atoms. The molecule has 1 amide bonds. The lowest BCUT2D eigenvalue weighted by atomic mass is 9.74. The van der Waals surface area contributed by atoms with Gasteiger partial charge in [-0.15, -0.1) is 12.4 Å². The third kappa shape index (κ3) is 3.71. The Bertz CT molecular complexity index is 446. The fourth-order valence-corrected chi connectivity index (χ4v) is 2.72. The highest BCUT2D eigenvalue weighted by Gasteiger charge is 2.37. The molecule has 4 heteroatoms. The Balaban J connectivity index is 0.00000180. The minimum absolute atomic E-state index is 0. The molecule has 106 valence electrons. The summed E-state index contributed by atoms with van der Waals surface area (Å²) in [5, 5.41) is 3.02. The maximum Gasteiger partial charge on any atom is 0.229 e. The van der Waals surface area contributed by atoms with Gasteiger partial charge in [0.1, 0.15) is 0 Å². The minimum atomic E-state index is -0.370. The first-order chi connectivity index (χ1) is 8.50. The molecule has 0 aliphatic heterocycles. The minimum Gasteiger partial charge on any atom is -0.326 e. The number of halogens is 1. The van der Waals surface area contributed by atoms with Gasteiger partial charge >= 0.3 is 0 Å². The van der Waals surface area contributed by atoms with Crippen LogP contribution in [0.1, 0.15) is 38.2 Å². The van der Waals surface area contributed by atoms with E-state index >= 15 is 0 Å². The zero-order valence-corrected chi connectivity index (χ0v) is 12.4. The van der Waals surface area contributed by atoms with Crippen molar-refractivity contribution in [3.05, 3.63) is 29.8 Å². The van der Waals surface area contributed by atoms with Crippen molar-refractivity contribution in [2.45, 2.75) is 45.1 Å². The predicted molar refractivity (Wildman–Crippen MR) is 81.6 cm³/mol. The van der Waals surface area contributed by atoms with Crippen molar-refractivity contribution < 1.29 is 4.79 Å². The third-order valence-electron chi connectivity index (χ3n) is 3.97. The summed E-state index contributed by atoms with van der Waals surface area (Å²) in [7, 11) is 0. The van der Waals surface area contributed by atoms with E-state index in [0.29, 0.717) is 0 Å². The molecule has 0 radical (unpaired) electrons. The Morgan fingerprint density at radius 3 is 2.68 bits per heavy atom. The van der Waals surface area contributed by atoms with E-state index in [1.165, 1.54) is 0 Å². The Morgan fingerprint density at radius 2 is 2.05 bits per heavy atom. The molecular weight excluding hydrogens is 260 g/mol. The molecule has 3 nitrogen and oxygen atoms in total. The largest absolute Gasteiger partial charge is 0.326 e. The Kier molecular flexibility index (Phi) is 5.39. The number of amides is 1. The number of nitrogens with one attached hydrogen (secondary N) is 1. The molecule has 1 aromatic carbocycles. The van der Waals surface area contributed by atoms with Crippen molar-refractivity contribution >= 4 is 24.0 Å². The molecule has 1 aliphatic rings. The number of benzene rings is 1. The molecule has 0 bridgehead atoms. The van der Waals surface area contributed by atoms with Crippen LogP contribution in [-0.2, 0) is 4.79 Å². The van der Waals surface area contributed by atoms with Crippen molar-refractivity contribution in [3.8, 4) is 0 Å². The molecule has 3 N–H and O–H groups in total. The molecule has 2 rings (SSSR count). The van der Waals surface area contributed by atoms with Crippen LogP contribution >= 0.6 is 12.4 Å². The van der Waals surface area contributed by atoms with Crippen LogP contribution in [0.2, 0.25) is 0 Å². The van der Waals surface area contributed by atoms with Crippen molar-refractivity contribution in [2.75, 3.05) is 5.32 Å². The van der Waals surface area contributed by atoms with E-state index in [1.54, 1.807) is 0 Å². The van der Waals surface area contributed by atoms with Gasteiger partial charge in [-0.25, -0.2) is 0 Å². The molecule has 1 fully saturated rings. The van der Waals surface area contributed by atoms with Gasteiger partial charge in [-0.3, -0.25) is 4.79 Å². The number of para-hydroxylation sites is 1. The number of nitrogens with two attached hydrogens (primary N) is 1. The monoisotopic (exact) mass is 282 g/mol. The standard InChI is InChI=1S/C15H22N2O.ClH/c1-11-7-3-4-9-13(11)17-14(18)12-8-5-6-10-15(12,2)16;/h3-4,7,9,12H,5-6,8,10,16H2,1-2H3,(H,17,18);1H. The number of hydrogen-bond acceptors (Lipinski definition) is 2. The SMILES string of the molecule is Cc1ccccc1NC(=O)C1CCCCC1(C)N.Cl. The second kappa shape index (κ2) is 6.40.